The third kappa shape index (κ3) is 2.97. The minimum atomic E-state index is 0.859. The van der Waals surface area contributed by atoms with E-state index in [0.29, 0.717) is 0 Å². The van der Waals surface area contributed by atoms with E-state index in [0.717, 1.165) is 65.6 Å². The number of aromatic nitrogens is 5. The minimum absolute atomic E-state index is 0.859. The second-order valence-corrected chi connectivity index (χ2v) is 7.72. The van der Waals surface area contributed by atoms with Crippen molar-refractivity contribution in [1.82, 2.24) is 29.6 Å². The molecule has 4 aromatic rings. The molecule has 0 radical (unpaired) electrons. The Hall–Kier alpha value is -3.06. The third-order valence-electron chi connectivity index (χ3n) is 5.54. The van der Waals surface area contributed by atoms with E-state index in [4.69, 9.17) is 4.98 Å². The summed E-state index contributed by atoms with van der Waals surface area (Å²) >= 11 is 0. The van der Waals surface area contributed by atoms with Gasteiger partial charge in [-0.25, -0.2) is 4.98 Å². The maximum absolute atomic E-state index is 4.85. The smallest absolute Gasteiger partial charge is 0.155 e. The molecule has 1 fully saturated rings. The van der Waals surface area contributed by atoms with Crippen molar-refractivity contribution in [3.63, 3.8) is 0 Å². The molecule has 1 aliphatic heterocycles. The van der Waals surface area contributed by atoms with Crippen LogP contribution >= 0.6 is 0 Å². The van der Waals surface area contributed by atoms with Gasteiger partial charge in [0.2, 0.25) is 0 Å². The van der Waals surface area contributed by atoms with E-state index in [1.165, 1.54) is 5.69 Å². The van der Waals surface area contributed by atoms with Crippen LogP contribution in [0.3, 0.4) is 0 Å². The van der Waals surface area contributed by atoms with Gasteiger partial charge >= 0.3 is 0 Å². The highest BCUT2D eigenvalue weighted by Gasteiger charge is 2.18. The highest BCUT2D eigenvalue weighted by atomic mass is 15.2. The summed E-state index contributed by atoms with van der Waals surface area (Å²) in [5, 5.41) is 4.31. The van der Waals surface area contributed by atoms with Crippen LogP contribution < -0.4 is 4.90 Å². The van der Waals surface area contributed by atoms with Gasteiger partial charge in [-0.15, -0.1) is 0 Å². The number of likely N-dealkylation sites (N-methyl/N-ethyl adjacent to an activating group) is 1. The Kier molecular flexibility index (Phi) is 3.98. The Bertz CT molecular complexity index is 1130. The lowest BCUT2D eigenvalue weighted by Gasteiger charge is -2.34. The lowest BCUT2D eigenvalue weighted by Crippen LogP contribution is -2.44. The Morgan fingerprint density at radius 1 is 1.00 bits per heavy atom. The number of H-pyrrole nitrogens is 2. The monoisotopic (exact) mass is 375 g/mol. The minimum Gasteiger partial charge on any atom is -0.369 e. The van der Waals surface area contributed by atoms with Crippen molar-refractivity contribution in [1.29, 1.82) is 0 Å². The number of aryl methyl sites for hydroxylation is 2. The number of hydrogen-bond acceptors (Lipinski definition) is 4. The van der Waals surface area contributed by atoms with E-state index >= 15 is 0 Å². The van der Waals surface area contributed by atoms with Gasteiger partial charge in [-0.3, -0.25) is 4.68 Å². The second kappa shape index (κ2) is 6.53. The molecule has 4 heterocycles. The van der Waals surface area contributed by atoms with Crippen molar-refractivity contribution in [3.8, 4) is 22.6 Å². The number of rotatable bonds is 3. The maximum Gasteiger partial charge on any atom is 0.155 e. The standard InChI is InChI=1S/C21H25N7/c1-14-10-17(15-12-22-27(3)13-15)20(23-14)21-24-18-5-4-16(11-19(18)25-21)28-8-6-26(2)7-9-28/h4-5,10-13,23H,6-9H2,1-3H3,(H,24,25). The molecule has 7 heteroatoms. The van der Waals surface area contributed by atoms with Crippen molar-refractivity contribution in [3.05, 3.63) is 42.4 Å². The molecular formula is C21H25N7. The fourth-order valence-electron chi connectivity index (χ4n) is 3.94. The third-order valence-corrected chi connectivity index (χ3v) is 5.54. The Balaban J connectivity index is 1.52. The van der Waals surface area contributed by atoms with Crippen LogP contribution in [0.4, 0.5) is 5.69 Å². The van der Waals surface area contributed by atoms with Crippen LogP contribution in [0.15, 0.2) is 36.7 Å². The summed E-state index contributed by atoms with van der Waals surface area (Å²) < 4.78 is 1.82. The van der Waals surface area contributed by atoms with Gasteiger partial charge in [-0.2, -0.15) is 5.10 Å². The van der Waals surface area contributed by atoms with Crippen LogP contribution in [0.1, 0.15) is 5.69 Å². The molecule has 0 bridgehead atoms. The molecule has 1 aromatic carbocycles. The molecule has 0 amide bonds. The molecule has 0 atom stereocenters. The lowest BCUT2D eigenvalue weighted by molar-refractivity contribution is 0.313. The van der Waals surface area contributed by atoms with E-state index in [1.807, 2.05) is 24.1 Å². The normalized spacial score (nSPS) is 15.6. The molecule has 0 unspecified atom stereocenters. The van der Waals surface area contributed by atoms with Crippen molar-refractivity contribution >= 4 is 16.7 Å². The number of imidazole rings is 1. The Labute approximate surface area is 164 Å². The summed E-state index contributed by atoms with van der Waals surface area (Å²) in [5.74, 6) is 0.859. The van der Waals surface area contributed by atoms with E-state index in [1.54, 1.807) is 0 Å². The first-order valence-electron chi connectivity index (χ1n) is 9.69. The first kappa shape index (κ1) is 17.1. The number of aromatic amines is 2. The van der Waals surface area contributed by atoms with Crippen molar-refractivity contribution in [2.75, 3.05) is 38.1 Å². The van der Waals surface area contributed by atoms with Crippen LogP contribution in [-0.2, 0) is 7.05 Å². The van der Waals surface area contributed by atoms with Crippen LogP contribution in [0, 0.1) is 6.92 Å². The first-order valence-corrected chi connectivity index (χ1v) is 9.69. The number of fused-ring (bicyclic) bond motifs is 1. The van der Waals surface area contributed by atoms with Gasteiger partial charge in [-0.05, 0) is 38.2 Å². The molecule has 3 aromatic heterocycles. The topological polar surface area (TPSA) is 68.8 Å². The average molecular weight is 375 g/mol. The fraction of sp³-hybridized carbons (Fsp3) is 0.333. The largest absolute Gasteiger partial charge is 0.369 e. The van der Waals surface area contributed by atoms with Gasteiger partial charge in [0.1, 0.15) is 0 Å². The summed E-state index contributed by atoms with van der Waals surface area (Å²) in [6.07, 6.45) is 3.92. The molecular weight excluding hydrogens is 350 g/mol. The van der Waals surface area contributed by atoms with Crippen LogP contribution in [0.25, 0.3) is 33.7 Å². The average Bonchev–Trinajstić information content (AvgIpc) is 3.39. The molecule has 1 aliphatic rings. The van der Waals surface area contributed by atoms with E-state index in [-0.39, 0.29) is 0 Å². The molecule has 0 aliphatic carbocycles. The van der Waals surface area contributed by atoms with Gasteiger partial charge in [-0.1, -0.05) is 0 Å². The Morgan fingerprint density at radius 3 is 2.57 bits per heavy atom. The van der Waals surface area contributed by atoms with E-state index < -0.39 is 0 Å². The maximum atomic E-state index is 4.85. The molecule has 7 nitrogen and oxygen atoms in total. The number of nitrogens with one attached hydrogen (secondary N) is 2. The molecule has 0 saturated carbocycles. The fourth-order valence-corrected chi connectivity index (χ4v) is 3.94. The summed E-state index contributed by atoms with van der Waals surface area (Å²) in [6, 6.07) is 8.66. The number of piperazine rings is 1. The Morgan fingerprint density at radius 2 is 1.82 bits per heavy atom. The van der Waals surface area contributed by atoms with Gasteiger partial charge in [0.05, 0.1) is 22.9 Å². The zero-order valence-electron chi connectivity index (χ0n) is 16.5. The predicted octanol–water partition coefficient (Wildman–Crippen LogP) is 3.02. The molecule has 0 spiro atoms. The first-order chi connectivity index (χ1) is 13.6. The van der Waals surface area contributed by atoms with E-state index in [9.17, 15) is 0 Å². The summed E-state index contributed by atoms with van der Waals surface area (Å²) in [6.45, 7) is 6.39. The number of anilines is 1. The lowest BCUT2D eigenvalue weighted by atomic mass is 10.1. The highest BCUT2D eigenvalue weighted by molar-refractivity contribution is 5.86. The molecule has 2 N–H and O–H groups in total. The number of hydrogen-bond donors (Lipinski definition) is 2. The van der Waals surface area contributed by atoms with Gasteiger partial charge in [0, 0.05) is 61.9 Å². The van der Waals surface area contributed by atoms with Crippen molar-refractivity contribution in [2.24, 2.45) is 7.05 Å². The van der Waals surface area contributed by atoms with Crippen LogP contribution in [-0.4, -0.2) is 62.9 Å². The van der Waals surface area contributed by atoms with E-state index in [2.05, 4.69) is 63.1 Å². The molecule has 28 heavy (non-hydrogen) atoms. The van der Waals surface area contributed by atoms with Gasteiger partial charge in [0.15, 0.2) is 5.82 Å². The van der Waals surface area contributed by atoms with Crippen molar-refractivity contribution in [2.45, 2.75) is 6.92 Å². The number of benzene rings is 1. The molecule has 1 saturated heterocycles. The van der Waals surface area contributed by atoms with Crippen molar-refractivity contribution < 1.29 is 0 Å². The van der Waals surface area contributed by atoms with Crippen LogP contribution in [0.5, 0.6) is 0 Å². The van der Waals surface area contributed by atoms with Gasteiger partial charge < -0.3 is 19.8 Å². The molecule has 144 valence electrons. The summed E-state index contributed by atoms with van der Waals surface area (Å²) in [5.41, 5.74) is 7.61. The summed E-state index contributed by atoms with van der Waals surface area (Å²) in [4.78, 5) is 16.7. The van der Waals surface area contributed by atoms with Crippen LogP contribution in [0.2, 0.25) is 0 Å². The second-order valence-electron chi connectivity index (χ2n) is 7.72. The predicted molar refractivity (Wildman–Crippen MR) is 113 cm³/mol. The molecule has 5 rings (SSSR count). The number of nitrogens with zero attached hydrogens (tertiary/aromatic N) is 5. The SMILES string of the molecule is Cc1cc(-c2cnn(C)c2)c(-c2nc3ccc(N4CCN(C)CC4)cc3[nH]2)[nH]1. The quantitative estimate of drug-likeness (QED) is 0.578. The zero-order chi connectivity index (χ0) is 19.3. The van der Waals surface area contributed by atoms with Gasteiger partial charge in [0.25, 0.3) is 0 Å². The highest BCUT2D eigenvalue weighted by Crippen LogP contribution is 2.32. The zero-order valence-corrected chi connectivity index (χ0v) is 16.5. The summed E-state index contributed by atoms with van der Waals surface area (Å²) in [7, 11) is 4.11.